The molecule has 1 saturated carbocycles. The van der Waals surface area contributed by atoms with Crippen molar-refractivity contribution < 1.29 is 0 Å². The lowest BCUT2D eigenvalue weighted by atomic mass is 9.85. The predicted octanol–water partition coefficient (Wildman–Crippen LogP) is 2.32. The van der Waals surface area contributed by atoms with E-state index in [0.717, 1.165) is 18.0 Å². The van der Waals surface area contributed by atoms with Crippen LogP contribution in [0.2, 0.25) is 0 Å². The average Bonchev–Trinajstić information content (AvgIpc) is 2.46. The Morgan fingerprint density at radius 3 is 2.82 bits per heavy atom. The van der Waals surface area contributed by atoms with E-state index >= 15 is 0 Å². The summed E-state index contributed by atoms with van der Waals surface area (Å²) in [5, 5.41) is 3.74. The van der Waals surface area contributed by atoms with E-state index in [9.17, 15) is 0 Å². The van der Waals surface area contributed by atoms with E-state index in [2.05, 4.69) is 12.2 Å². The van der Waals surface area contributed by atoms with Gasteiger partial charge in [0.1, 0.15) is 0 Å². The van der Waals surface area contributed by atoms with Crippen molar-refractivity contribution in [2.24, 2.45) is 5.92 Å². The first-order chi connectivity index (χ1) is 5.40. The van der Waals surface area contributed by atoms with Crippen LogP contribution in [0.4, 0.5) is 0 Å². The molecule has 3 atom stereocenters. The molecule has 0 amide bonds. The van der Waals surface area contributed by atoms with E-state index in [0.29, 0.717) is 0 Å². The molecular weight excluding hydrogens is 134 g/mol. The van der Waals surface area contributed by atoms with E-state index in [1.807, 2.05) is 0 Å². The number of nitrogens with one attached hydrogen (secondary N) is 1. The Bertz CT molecular complexity index is 119. The van der Waals surface area contributed by atoms with E-state index in [-0.39, 0.29) is 0 Å². The molecule has 1 aliphatic carbocycles. The second-order valence-corrected chi connectivity index (χ2v) is 4.16. The van der Waals surface area contributed by atoms with Crippen LogP contribution in [0.25, 0.3) is 0 Å². The molecule has 0 aromatic heterocycles. The second kappa shape index (κ2) is 3.14. The zero-order valence-electron chi connectivity index (χ0n) is 7.47. The van der Waals surface area contributed by atoms with Crippen molar-refractivity contribution in [3.63, 3.8) is 0 Å². The standard InChI is InChI=1S/C10H19N/c1-2-9-7-8-5-3-4-6-10(8)11-9/h8-11H,2-7H2,1H3/t8?,9-,10+/m1/s1. The molecule has 0 spiro atoms. The molecule has 64 valence electrons. The minimum absolute atomic E-state index is 0.850. The molecule has 2 rings (SSSR count). The first-order valence-corrected chi connectivity index (χ1v) is 5.16. The van der Waals surface area contributed by atoms with Crippen LogP contribution in [-0.4, -0.2) is 12.1 Å². The van der Waals surface area contributed by atoms with Crippen molar-refractivity contribution in [3.8, 4) is 0 Å². The van der Waals surface area contributed by atoms with Crippen LogP contribution in [0, 0.1) is 5.92 Å². The lowest BCUT2D eigenvalue weighted by Crippen LogP contribution is -2.32. The minimum Gasteiger partial charge on any atom is -0.311 e. The number of rotatable bonds is 1. The highest BCUT2D eigenvalue weighted by molar-refractivity contribution is 4.91. The molecule has 0 aromatic carbocycles. The van der Waals surface area contributed by atoms with Crippen LogP contribution in [0.5, 0.6) is 0 Å². The molecule has 0 radical (unpaired) electrons. The van der Waals surface area contributed by atoms with Crippen molar-refractivity contribution in [1.29, 1.82) is 0 Å². The zero-order chi connectivity index (χ0) is 7.68. The maximum absolute atomic E-state index is 3.74. The van der Waals surface area contributed by atoms with Gasteiger partial charge in [-0.1, -0.05) is 19.8 Å². The fourth-order valence-corrected chi connectivity index (χ4v) is 2.73. The summed E-state index contributed by atoms with van der Waals surface area (Å²) < 4.78 is 0. The normalized spacial score (nSPS) is 43.9. The van der Waals surface area contributed by atoms with Gasteiger partial charge in [0.2, 0.25) is 0 Å². The smallest absolute Gasteiger partial charge is 0.00984 e. The van der Waals surface area contributed by atoms with Crippen LogP contribution >= 0.6 is 0 Å². The first-order valence-electron chi connectivity index (χ1n) is 5.16. The van der Waals surface area contributed by atoms with Crippen LogP contribution in [0.3, 0.4) is 0 Å². The third kappa shape index (κ3) is 1.44. The molecule has 0 aromatic rings. The molecule has 1 nitrogen and oxygen atoms in total. The number of hydrogen-bond donors (Lipinski definition) is 1. The van der Waals surface area contributed by atoms with Gasteiger partial charge in [0, 0.05) is 12.1 Å². The Kier molecular flexibility index (Phi) is 2.17. The summed E-state index contributed by atoms with van der Waals surface area (Å²) in [6, 6.07) is 1.75. The molecule has 11 heavy (non-hydrogen) atoms. The van der Waals surface area contributed by atoms with Gasteiger partial charge in [0.25, 0.3) is 0 Å². The van der Waals surface area contributed by atoms with Crippen molar-refractivity contribution in [2.75, 3.05) is 0 Å². The van der Waals surface area contributed by atoms with Gasteiger partial charge in [-0.2, -0.15) is 0 Å². The van der Waals surface area contributed by atoms with Crippen LogP contribution in [-0.2, 0) is 0 Å². The molecule has 2 aliphatic rings. The van der Waals surface area contributed by atoms with E-state index < -0.39 is 0 Å². The maximum Gasteiger partial charge on any atom is 0.00984 e. The molecule has 2 fully saturated rings. The highest BCUT2D eigenvalue weighted by Crippen LogP contribution is 2.33. The summed E-state index contributed by atoms with van der Waals surface area (Å²) in [4.78, 5) is 0. The van der Waals surface area contributed by atoms with E-state index in [1.54, 1.807) is 0 Å². The highest BCUT2D eigenvalue weighted by atomic mass is 15.0. The molecule has 1 heterocycles. The summed E-state index contributed by atoms with van der Waals surface area (Å²) in [6.45, 7) is 2.30. The third-order valence-corrected chi connectivity index (χ3v) is 3.44. The monoisotopic (exact) mass is 153 g/mol. The SMILES string of the molecule is CC[C@@H]1CC2CCCC[C@@H]2N1. The Balaban J connectivity index is 1.92. The van der Waals surface area contributed by atoms with Gasteiger partial charge >= 0.3 is 0 Å². The Hall–Kier alpha value is -0.0400. The van der Waals surface area contributed by atoms with Crippen molar-refractivity contribution >= 4 is 0 Å². The highest BCUT2D eigenvalue weighted by Gasteiger charge is 2.33. The lowest BCUT2D eigenvalue weighted by Gasteiger charge is -2.24. The Morgan fingerprint density at radius 1 is 1.27 bits per heavy atom. The largest absolute Gasteiger partial charge is 0.311 e. The summed E-state index contributed by atoms with van der Waals surface area (Å²) in [5.41, 5.74) is 0. The summed E-state index contributed by atoms with van der Waals surface area (Å²) >= 11 is 0. The fraction of sp³-hybridized carbons (Fsp3) is 1.00. The topological polar surface area (TPSA) is 12.0 Å². The van der Waals surface area contributed by atoms with E-state index in [1.165, 1.54) is 38.5 Å². The molecule has 1 N–H and O–H groups in total. The van der Waals surface area contributed by atoms with Crippen molar-refractivity contribution in [3.05, 3.63) is 0 Å². The summed E-state index contributed by atoms with van der Waals surface area (Å²) in [7, 11) is 0. The second-order valence-electron chi connectivity index (χ2n) is 4.16. The van der Waals surface area contributed by atoms with Crippen molar-refractivity contribution in [2.45, 2.75) is 57.5 Å². The molecule has 1 heteroatoms. The van der Waals surface area contributed by atoms with Crippen LogP contribution in [0.15, 0.2) is 0 Å². The summed E-state index contributed by atoms with van der Waals surface area (Å²) in [5.74, 6) is 1.04. The third-order valence-electron chi connectivity index (χ3n) is 3.44. The predicted molar refractivity (Wildman–Crippen MR) is 47.6 cm³/mol. The molecular formula is C10H19N. The minimum atomic E-state index is 0.850. The van der Waals surface area contributed by atoms with E-state index in [4.69, 9.17) is 0 Å². The molecule has 1 saturated heterocycles. The van der Waals surface area contributed by atoms with Gasteiger partial charge in [0.05, 0.1) is 0 Å². The Labute approximate surface area is 69.6 Å². The molecule has 1 unspecified atom stereocenters. The van der Waals surface area contributed by atoms with Gasteiger partial charge in [-0.15, -0.1) is 0 Å². The first kappa shape index (κ1) is 7.60. The molecule has 0 bridgehead atoms. The number of hydrogen-bond acceptors (Lipinski definition) is 1. The fourth-order valence-electron chi connectivity index (χ4n) is 2.73. The molecule has 1 aliphatic heterocycles. The maximum atomic E-state index is 3.74. The van der Waals surface area contributed by atoms with Gasteiger partial charge in [-0.25, -0.2) is 0 Å². The zero-order valence-corrected chi connectivity index (χ0v) is 7.47. The van der Waals surface area contributed by atoms with Gasteiger partial charge in [-0.05, 0) is 31.6 Å². The Morgan fingerprint density at radius 2 is 2.09 bits per heavy atom. The van der Waals surface area contributed by atoms with Gasteiger partial charge < -0.3 is 5.32 Å². The average molecular weight is 153 g/mol. The van der Waals surface area contributed by atoms with Crippen molar-refractivity contribution in [1.82, 2.24) is 5.32 Å². The van der Waals surface area contributed by atoms with Crippen LogP contribution in [0.1, 0.15) is 45.4 Å². The quantitative estimate of drug-likeness (QED) is 0.609. The summed E-state index contributed by atoms with van der Waals surface area (Å²) in [6.07, 6.45) is 8.67. The lowest BCUT2D eigenvalue weighted by molar-refractivity contribution is 0.325. The van der Waals surface area contributed by atoms with Gasteiger partial charge in [-0.3, -0.25) is 0 Å². The number of fused-ring (bicyclic) bond motifs is 1. The van der Waals surface area contributed by atoms with Gasteiger partial charge in [0.15, 0.2) is 0 Å². The van der Waals surface area contributed by atoms with Crippen LogP contribution < -0.4 is 5.32 Å².